The van der Waals surface area contributed by atoms with Crippen LogP contribution in [0.4, 0.5) is 0 Å². The first-order valence-corrected chi connectivity index (χ1v) is 14.8. The van der Waals surface area contributed by atoms with E-state index in [0.29, 0.717) is 11.3 Å². The van der Waals surface area contributed by atoms with E-state index in [1.165, 1.54) is 55.3 Å². The number of benzene rings is 2. The predicted octanol–water partition coefficient (Wildman–Crippen LogP) is 5.93. The van der Waals surface area contributed by atoms with Crippen LogP contribution >= 0.6 is 0 Å². The van der Waals surface area contributed by atoms with Crippen LogP contribution in [-0.4, -0.2) is 21.8 Å². The van der Waals surface area contributed by atoms with E-state index in [9.17, 15) is 0 Å². The summed E-state index contributed by atoms with van der Waals surface area (Å²) in [6, 6.07) is 21.7. The summed E-state index contributed by atoms with van der Waals surface area (Å²) in [5.74, 6) is 3.54. The van der Waals surface area contributed by atoms with Crippen molar-refractivity contribution in [2.45, 2.75) is 65.2 Å². The van der Waals surface area contributed by atoms with Crippen LogP contribution in [0.1, 0.15) is 65.2 Å². The van der Waals surface area contributed by atoms with Crippen LogP contribution in [0.3, 0.4) is 0 Å². The van der Waals surface area contributed by atoms with Crippen LogP contribution in [-0.2, 0) is 8.85 Å². The molecule has 0 radical (unpaired) electrons. The van der Waals surface area contributed by atoms with Crippen LogP contribution in [0.15, 0.2) is 60.7 Å². The molecule has 2 aromatic rings. The lowest BCUT2D eigenvalue weighted by molar-refractivity contribution is -0.0792. The van der Waals surface area contributed by atoms with Crippen molar-refractivity contribution in [2.75, 3.05) is 13.2 Å². The van der Waals surface area contributed by atoms with E-state index in [0.717, 1.165) is 37.4 Å². The molecule has 6 rings (SSSR count). The molecule has 4 aliphatic carbocycles. The Bertz CT molecular complexity index is 788. The monoisotopic (exact) mass is 448 g/mol. The quantitative estimate of drug-likeness (QED) is 0.331. The summed E-state index contributed by atoms with van der Waals surface area (Å²) in [7, 11) is -2.77. The van der Waals surface area contributed by atoms with Crippen LogP contribution in [0.5, 0.6) is 0 Å². The molecule has 4 saturated carbocycles. The fourth-order valence-electron chi connectivity index (χ4n) is 7.29. The van der Waals surface area contributed by atoms with Crippen LogP contribution in [0.25, 0.3) is 0 Å². The van der Waals surface area contributed by atoms with Crippen LogP contribution < -0.4 is 10.4 Å². The molecule has 3 heteroatoms. The molecule has 4 aliphatic rings. The highest BCUT2D eigenvalue weighted by Gasteiger charge is 2.53. The maximum Gasteiger partial charge on any atom is 0.407 e. The van der Waals surface area contributed by atoms with Crippen molar-refractivity contribution in [3.05, 3.63) is 60.7 Å². The van der Waals surface area contributed by atoms with Gasteiger partial charge in [0, 0.05) is 13.2 Å². The van der Waals surface area contributed by atoms with Gasteiger partial charge in [0.05, 0.1) is 0 Å². The van der Waals surface area contributed by atoms with Gasteiger partial charge in [-0.15, -0.1) is 0 Å². The largest absolute Gasteiger partial charge is 0.407 e. The van der Waals surface area contributed by atoms with E-state index in [1.807, 2.05) is 0 Å². The second-order valence-electron chi connectivity index (χ2n) is 11.4. The van der Waals surface area contributed by atoms with Gasteiger partial charge in [0.1, 0.15) is 0 Å². The molecule has 172 valence electrons. The first-order chi connectivity index (χ1) is 15.6. The highest BCUT2D eigenvalue weighted by atomic mass is 28.4. The van der Waals surface area contributed by atoms with Gasteiger partial charge >= 0.3 is 8.56 Å². The first-order valence-electron chi connectivity index (χ1n) is 13.0. The molecule has 0 atom stereocenters. The Labute approximate surface area is 196 Å². The first kappa shape index (κ1) is 22.4. The van der Waals surface area contributed by atoms with Crippen molar-refractivity contribution in [3.63, 3.8) is 0 Å². The molecule has 0 aliphatic heterocycles. The molecular weight excluding hydrogens is 408 g/mol. The maximum atomic E-state index is 7.21. The van der Waals surface area contributed by atoms with Gasteiger partial charge < -0.3 is 8.85 Å². The zero-order valence-electron chi connectivity index (χ0n) is 20.0. The van der Waals surface area contributed by atoms with Gasteiger partial charge in [0.2, 0.25) is 0 Å². The van der Waals surface area contributed by atoms with Crippen LogP contribution in [0, 0.1) is 29.1 Å². The molecular formula is C29H40O2Si. The summed E-state index contributed by atoms with van der Waals surface area (Å²) >= 11 is 0. The minimum Gasteiger partial charge on any atom is -0.388 e. The molecule has 4 bridgehead atoms. The van der Waals surface area contributed by atoms with Crippen LogP contribution in [0.2, 0.25) is 0 Å². The van der Waals surface area contributed by atoms with Gasteiger partial charge in [0.15, 0.2) is 0 Å². The summed E-state index contributed by atoms with van der Waals surface area (Å²) in [6.45, 7) is 6.23. The van der Waals surface area contributed by atoms with E-state index in [1.54, 1.807) is 0 Å². The zero-order valence-corrected chi connectivity index (χ0v) is 21.0. The highest BCUT2D eigenvalue weighted by Crippen LogP contribution is 2.60. The fraction of sp³-hybridized carbons (Fsp3) is 0.586. The van der Waals surface area contributed by atoms with Gasteiger partial charge in [-0.25, -0.2) is 0 Å². The van der Waals surface area contributed by atoms with Crippen molar-refractivity contribution in [3.8, 4) is 0 Å². The second-order valence-corrected chi connectivity index (χ2v) is 14.4. The third-order valence-electron chi connectivity index (χ3n) is 8.29. The second kappa shape index (κ2) is 9.44. The van der Waals surface area contributed by atoms with Gasteiger partial charge in [-0.3, -0.25) is 0 Å². The molecule has 0 N–H and O–H groups in total. The summed E-state index contributed by atoms with van der Waals surface area (Å²) < 4.78 is 14.1. The molecule has 0 aromatic heterocycles. The van der Waals surface area contributed by atoms with Crippen molar-refractivity contribution in [1.29, 1.82) is 0 Å². The van der Waals surface area contributed by atoms with E-state index in [-0.39, 0.29) is 0 Å². The standard InChI is InChI=1S/C29H40O2Si/c1-23(2)10-9-15-30-32(27-11-5-3-6-12-27,28-13-7-4-8-14-28)31-22-29-19-24-16-25(20-29)18-26(17-24)21-29/h3-8,11-14,23-26H,9-10,15-22H2,1-2H3. The molecule has 4 fully saturated rings. The molecule has 32 heavy (non-hydrogen) atoms. The van der Waals surface area contributed by atoms with Crippen molar-refractivity contribution in [1.82, 2.24) is 0 Å². The summed E-state index contributed by atoms with van der Waals surface area (Å²) in [5.41, 5.74) is 0.387. The Balaban J connectivity index is 1.44. The van der Waals surface area contributed by atoms with E-state index >= 15 is 0 Å². The molecule has 2 nitrogen and oxygen atoms in total. The minimum absolute atomic E-state index is 0.387. The lowest BCUT2D eigenvalue weighted by Gasteiger charge is -2.57. The SMILES string of the molecule is CC(C)CCCO[Si](OCC12CC3CC(CC(C3)C1)C2)(c1ccccc1)c1ccccc1. The Morgan fingerprint density at radius 1 is 0.781 bits per heavy atom. The topological polar surface area (TPSA) is 18.5 Å². The summed E-state index contributed by atoms with van der Waals surface area (Å²) in [5, 5.41) is 2.50. The van der Waals surface area contributed by atoms with E-state index in [2.05, 4.69) is 74.5 Å². The highest BCUT2D eigenvalue weighted by molar-refractivity contribution is 6.92. The summed E-state index contributed by atoms with van der Waals surface area (Å²) in [4.78, 5) is 0. The smallest absolute Gasteiger partial charge is 0.388 e. The van der Waals surface area contributed by atoms with Crippen molar-refractivity contribution >= 4 is 18.9 Å². The lowest BCUT2D eigenvalue weighted by Crippen LogP contribution is -2.65. The Hall–Kier alpha value is -1.42. The normalized spacial score (nSPS) is 29.0. The van der Waals surface area contributed by atoms with E-state index < -0.39 is 8.56 Å². The van der Waals surface area contributed by atoms with Gasteiger partial charge in [0.25, 0.3) is 0 Å². The number of hydrogen-bond acceptors (Lipinski definition) is 2. The van der Waals surface area contributed by atoms with Gasteiger partial charge in [-0.05, 0) is 90.8 Å². The van der Waals surface area contributed by atoms with Crippen molar-refractivity contribution < 1.29 is 8.85 Å². The Morgan fingerprint density at radius 3 is 1.75 bits per heavy atom. The van der Waals surface area contributed by atoms with E-state index in [4.69, 9.17) is 8.85 Å². The third kappa shape index (κ3) is 4.62. The molecule has 0 saturated heterocycles. The molecule has 0 unspecified atom stereocenters. The Kier molecular flexibility index (Phi) is 6.60. The fourth-order valence-corrected chi connectivity index (χ4v) is 10.6. The average molecular weight is 449 g/mol. The number of hydrogen-bond donors (Lipinski definition) is 0. The summed E-state index contributed by atoms with van der Waals surface area (Å²) in [6.07, 6.45) is 10.8. The molecule has 0 spiro atoms. The molecule has 0 heterocycles. The van der Waals surface area contributed by atoms with Gasteiger partial charge in [-0.1, -0.05) is 74.5 Å². The van der Waals surface area contributed by atoms with Crippen molar-refractivity contribution in [2.24, 2.45) is 29.1 Å². The maximum absolute atomic E-state index is 7.21. The number of rotatable bonds is 10. The Morgan fingerprint density at radius 2 is 1.28 bits per heavy atom. The minimum atomic E-state index is -2.77. The average Bonchev–Trinajstić information content (AvgIpc) is 2.79. The zero-order chi connectivity index (χ0) is 22.0. The molecule has 0 amide bonds. The lowest BCUT2D eigenvalue weighted by atomic mass is 9.50. The van der Waals surface area contributed by atoms with Gasteiger partial charge in [-0.2, -0.15) is 0 Å². The predicted molar refractivity (Wildman–Crippen MR) is 134 cm³/mol. The third-order valence-corrected chi connectivity index (χ3v) is 11.6. The molecule has 2 aromatic carbocycles.